The second kappa shape index (κ2) is 4.27. The van der Waals surface area contributed by atoms with Gasteiger partial charge in [-0.05, 0) is 19.1 Å². The van der Waals surface area contributed by atoms with Gasteiger partial charge in [0.15, 0.2) is 0 Å². The van der Waals surface area contributed by atoms with Gasteiger partial charge in [0, 0.05) is 11.1 Å². The van der Waals surface area contributed by atoms with Crippen molar-refractivity contribution in [2.75, 3.05) is 0 Å². The summed E-state index contributed by atoms with van der Waals surface area (Å²) in [5, 5.41) is 2.83. The number of nitrogens with zero attached hydrogens (tertiary/aromatic N) is 1. The monoisotopic (exact) mass is 221 g/mol. The Morgan fingerprint density at radius 1 is 1.67 bits per heavy atom. The average molecular weight is 221 g/mol. The first-order valence-electron chi connectivity index (χ1n) is 4.58. The first kappa shape index (κ1) is 9.92. The van der Waals surface area contributed by atoms with Gasteiger partial charge in [0.25, 0.3) is 5.91 Å². The molecular weight excluding hydrogens is 210 g/mol. The van der Waals surface area contributed by atoms with E-state index in [1.165, 1.54) is 0 Å². The van der Waals surface area contributed by atoms with E-state index in [9.17, 15) is 4.79 Å². The van der Waals surface area contributed by atoms with E-state index in [0.717, 1.165) is 10.6 Å². The third-order valence-corrected chi connectivity index (χ3v) is 3.03. The Hall–Kier alpha value is -1.62. The molecule has 0 unspecified atom stereocenters. The normalized spacial score (nSPS) is 10.2. The molecule has 1 amide bonds. The van der Waals surface area contributed by atoms with Crippen molar-refractivity contribution < 1.29 is 4.79 Å². The Bertz CT molecular complexity index is 447. The van der Waals surface area contributed by atoms with Crippen molar-refractivity contribution in [3.8, 4) is 0 Å². The SMILES string of the molecule is Cc1ncsc1CNC(=O)c1ccc[nH]1. The van der Waals surface area contributed by atoms with Crippen LogP contribution in [-0.4, -0.2) is 15.9 Å². The highest BCUT2D eigenvalue weighted by Crippen LogP contribution is 2.11. The first-order valence-corrected chi connectivity index (χ1v) is 5.46. The summed E-state index contributed by atoms with van der Waals surface area (Å²) in [7, 11) is 0. The molecule has 78 valence electrons. The highest BCUT2D eigenvalue weighted by Gasteiger charge is 2.07. The molecule has 0 aliphatic heterocycles. The van der Waals surface area contributed by atoms with Crippen LogP contribution in [0, 0.1) is 6.92 Å². The van der Waals surface area contributed by atoms with Gasteiger partial charge in [-0.3, -0.25) is 4.79 Å². The zero-order valence-electron chi connectivity index (χ0n) is 8.28. The van der Waals surface area contributed by atoms with Gasteiger partial charge in [-0.2, -0.15) is 0 Å². The Balaban J connectivity index is 1.95. The molecule has 0 spiro atoms. The molecule has 0 aliphatic rings. The number of thiazole rings is 1. The second-order valence-corrected chi connectivity index (χ2v) is 4.07. The summed E-state index contributed by atoms with van der Waals surface area (Å²) < 4.78 is 0. The standard InChI is InChI=1S/C10H11N3OS/c1-7-9(15-6-13-7)5-12-10(14)8-3-2-4-11-8/h2-4,6,11H,5H2,1H3,(H,12,14). The van der Waals surface area contributed by atoms with E-state index in [1.54, 1.807) is 35.2 Å². The molecule has 0 aliphatic carbocycles. The van der Waals surface area contributed by atoms with Crippen molar-refractivity contribution in [2.45, 2.75) is 13.5 Å². The third kappa shape index (κ3) is 2.24. The summed E-state index contributed by atoms with van der Waals surface area (Å²) in [4.78, 5) is 19.6. The zero-order chi connectivity index (χ0) is 10.7. The molecule has 0 bridgehead atoms. The Morgan fingerprint density at radius 3 is 3.13 bits per heavy atom. The molecule has 15 heavy (non-hydrogen) atoms. The minimum Gasteiger partial charge on any atom is -0.357 e. The molecule has 0 saturated carbocycles. The number of hydrogen-bond acceptors (Lipinski definition) is 3. The predicted molar refractivity (Wildman–Crippen MR) is 58.8 cm³/mol. The largest absolute Gasteiger partial charge is 0.357 e. The van der Waals surface area contributed by atoms with Crippen molar-refractivity contribution in [3.63, 3.8) is 0 Å². The lowest BCUT2D eigenvalue weighted by Crippen LogP contribution is -2.22. The molecule has 2 aromatic rings. The Kier molecular flexibility index (Phi) is 2.82. The van der Waals surface area contributed by atoms with E-state index >= 15 is 0 Å². The summed E-state index contributed by atoms with van der Waals surface area (Å²) in [5.41, 5.74) is 3.34. The summed E-state index contributed by atoms with van der Waals surface area (Å²) in [6.45, 7) is 2.47. The molecule has 0 aromatic carbocycles. The van der Waals surface area contributed by atoms with Crippen LogP contribution in [0.1, 0.15) is 21.1 Å². The van der Waals surface area contributed by atoms with Crippen LogP contribution in [0.15, 0.2) is 23.8 Å². The maximum absolute atomic E-state index is 11.6. The fourth-order valence-electron chi connectivity index (χ4n) is 1.22. The van der Waals surface area contributed by atoms with Gasteiger partial charge < -0.3 is 10.3 Å². The highest BCUT2D eigenvalue weighted by atomic mass is 32.1. The van der Waals surface area contributed by atoms with Crippen molar-refractivity contribution in [1.29, 1.82) is 0 Å². The molecule has 2 N–H and O–H groups in total. The maximum atomic E-state index is 11.6. The highest BCUT2D eigenvalue weighted by molar-refractivity contribution is 7.09. The van der Waals surface area contributed by atoms with Crippen LogP contribution < -0.4 is 5.32 Å². The summed E-state index contributed by atoms with van der Waals surface area (Å²) in [6.07, 6.45) is 1.73. The summed E-state index contributed by atoms with van der Waals surface area (Å²) in [5.74, 6) is -0.0900. The van der Waals surface area contributed by atoms with Crippen LogP contribution in [-0.2, 0) is 6.54 Å². The maximum Gasteiger partial charge on any atom is 0.267 e. The van der Waals surface area contributed by atoms with E-state index < -0.39 is 0 Å². The van der Waals surface area contributed by atoms with Crippen molar-refractivity contribution >= 4 is 17.2 Å². The smallest absolute Gasteiger partial charge is 0.267 e. The lowest BCUT2D eigenvalue weighted by molar-refractivity contribution is 0.0947. The number of carbonyl (C=O) groups excluding carboxylic acids is 1. The van der Waals surface area contributed by atoms with Crippen LogP contribution in [0.2, 0.25) is 0 Å². The predicted octanol–water partition coefficient (Wildman–Crippen LogP) is 1.71. The number of hydrogen-bond donors (Lipinski definition) is 2. The van der Waals surface area contributed by atoms with Gasteiger partial charge in [-0.1, -0.05) is 0 Å². The van der Waals surface area contributed by atoms with Gasteiger partial charge in [-0.25, -0.2) is 4.98 Å². The molecule has 0 saturated heterocycles. The average Bonchev–Trinajstić information content (AvgIpc) is 2.85. The Labute approximate surface area is 91.4 Å². The number of rotatable bonds is 3. The van der Waals surface area contributed by atoms with Crippen LogP contribution in [0.5, 0.6) is 0 Å². The number of aryl methyl sites for hydroxylation is 1. The molecule has 0 fully saturated rings. The molecule has 0 atom stereocenters. The number of carbonyl (C=O) groups is 1. The number of aromatic amines is 1. The van der Waals surface area contributed by atoms with Crippen molar-refractivity contribution in [3.05, 3.63) is 40.1 Å². The zero-order valence-corrected chi connectivity index (χ0v) is 9.10. The number of H-pyrrole nitrogens is 1. The van der Waals surface area contributed by atoms with E-state index in [2.05, 4.69) is 15.3 Å². The molecule has 2 rings (SSSR count). The van der Waals surface area contributed by atoms with Gasteiger partial charge in [0.05, 0.1) is 17.7 Å². The van der Waals surface area contributed by atoms with E-state index in [-0.39, 0.29) is 5.91 Å². The van der Waals surface area contributed by atoms with Crippen molar-refractivity contribution in [2.24, 2.45) is 0 Å². The topological polar surface area (TPSA) is 57.8 Å². The molecule has 0 radical (unpaired) electrons. The van der Waals surface area contributed by atoms with E-state index in [4.69, 9.17) is 0 Å². The first-order chi connectivity index (χ1) is 7.27. The Morgan fingerprint density at radius 2 is 2.53 bits per heavy atom. The molecule has 5 heteroatoms. The summed E-state index contributed by atoms with van der Waals surface area (Å²) in [6, 6.07) is 3.54. The molecule has 4 nitrogen and oxygen atoms in total. The molecule has 2 aromatic heterocycles. The van der Waals surface area contributed by atoms with Crippen LogP contribution in [0.4, 0.5) is 0 Å². The van der Waals surface area contributed by atoms with E-state index in [1.807, 2.05) is 6.92 Å². The third-order valence-electron chi connectivity index (χ3n) is 2.10. The fraction of sp³-hybridized carbons (Fsp3) is 0.200. The fourth-order valence-corrected chi connectivity index (χ4v) is 1.94. The number of amides is 1. The van der Waals surface area contributed by atoms with Crippen LogP contribution in [0.3, 0.4) is 0 Å². The quantitative estimate of drug-likeness (QED) is 0.829. The number of nitrogens with one attached hydrogen (secondary N) is 2. The van der Waals surface area contributed by atoms with Crippen LogP contribution >= 0.6 is 11.3 Å². The second-order valence-electron chi connectivity index (χ2n) is 3.13. The minimum atomic E-state index is -0.0900. The summed E-state index contributed by atoms with van der Waals surface area (Å²) >= 11 is 1.55. The van der Waals surface area contributed by atoms with Gasteiger partial charge >= 0.3 is 0 Å². The van der Waals surface area contributed by atoms with Gasteiger partial charge in [-0.15, -0.1) is 11.3 Å². The number of aromatic nitrogens is 2. The molecular formula is C10H11N3OS. The van der Waals surface area contributed by atoms with E-state index in [0.29, 0.717) is 12.2 Å². The van der Waals surface area contributed by atoms with Gasteiger partial charge in [0.2, 0.25) is 0 Å². The minimum absolute atomic E-state index is 0.0900. The molecule has 2 heterocycles. The van der Waals surface area contributed by atoms with Crippen molar-refractivity contribution in [1.82, 2.24) is 15.3 Å². The van der Waals surface area contributed by atoms with Gasteiger partial charge in [0.1, 0.15) is 5.69 Å². The lowest BCUT2D eigenvalue weighted by atomic mass is 10.3. The van der Waals surface area contributed by atoms with Crippen LogP contribution in [0.25, 0.3) is 0 Å². The lowest BCUT2D eigenvalue weighted by Gasteiger charge is -2.01.